The summed E-state index contributed by atoms with van der Waals surface area (Å²) in [5, 5.41) is 3.13. The summed E-state index contributed by atoms with van der Waals surface area (Å²) in [5.74, 6) is 0. The van der Waals surface area contributed by atoms with Gasteiger partial charge in [0, 0.05) is 4.47 Å². The van der Waals surface area contributed by atoms with E-state index >= 15 is 0 Å². The number of hydrogen-bond acceptors (Lipinski definition) is 1. The third-order valence-electron chi connectivity index (χ3n) is 2.10. The molecule has 14 heavy (non-hydrogen) atoms. The van der Waals surface area contributed by atoms with Crippen molar-refractivity contribution in [3.8, 4) is 0 Å². The Balaban J connectivity index is 2.44. The van der Waals surface area contributed by atoms with Crippen LogP contribution >= 0.6 is 15.9 Å². The van der Waals surface area contributed by atoms with E-state index in [1.165, 1.54) is 11.1 Å². The van der Waals surface area contributed by atoms with Crippen LogP contribution < -0.4 is 5.32 Å². The predicted molar refractivity (Wildman–Crippen MR) is 65.5 cm³/mol. The number of benzene rings is 1. The quantitative estimate of drug-likeness (QED) is 0.796. The second-order valence-corrected chi connectivity index (χ2v) is 4.32. The second kappa shape index (κ2) is 5.99. The minimum Gasteiger partial charge on any atom is -0.319 e. The summed E-state index contributed by atoms with van der Waals surface area (Å²) in [5.41, 5.74) is 2.61. The maximum Gasteiger partial charge on any atom is 0.0175 e. The van der Waals surface area contributed by atoms with Gasteiger partial charge in [0.25, 0.3) is 0 Å². The summed E-state index contributed by atoms with van der Waals surface area (Å²) < 4.78 is 1.13. The summed E-state index contributed by atoms with van der Waals surface area (Å²) in [6.45, 7) is 5.07. The number of hydrogen-bond donors (Lipinski definition) is 1. The standard InChI is InChI=1S/C12H16BrN/c1-10(7-8-14-2)9-11-3-5-12(13)6-4-11/h3-6,14H,1,7-9H2,2H3. The molecule has 0 spiro atoms. The van der Waals surface area contributed by atoms with Gasteiger partial charge in [0.1, 0.15) is 0 Å². The fourth-order valence-electron chi connectivity index (χ4n) is 1.28. The Bertz CT molecular complexity index is 290. The molecule has 0 bridgehead atoms. The fraction of sp³-hybridized carbons (Fsp3) is 0.333. The topological polar surface area (TPSA) is 12.0 Å². The molecule has 0 heterocycles. The Morgan fingerprint density at radius 2 is 2.00 bits per heavy atom. The van der Waals surface area contributed by atoms with Gasteiger partial charge in [-0.1, -0.05) is 40.2 Å². The first-order chi connectivity index (χ1) is 6.72. The molecule has 0 aliphatic carbocycles. The lowest BCUT2D eigenvalue weighted by molar-refractivity contribution is 0.774. The molecule has 0 atom stereocenters. The third kappa shape index (κ3) is 4.07. The highest BCUT2D eigenvalue weighted by atomic mass is 79.9. The van der Waals surface area contributed by atoms with Crippen LogP contribution in [0.25, 0.3) is 0 Å². The average Bonchev–Trinajstić information content (AvgIpc) is 2.18. The first-order valence-corrected chi connectivity index (χ1v) is 5.57. The molecule has 0 unspecified atom stereocenters. The normalized spacial score (nSPS) is 10.1. The first kappa shape index (κ1) is 11.5. The molecule has 0 aromatic heterocycles. The molecule has 0 amide bonds. The van der Waals surface area contributed by atoms with Crippen LogP contribution in [0, 0.1) is 0 Å². The molecule has 1 nitrogen and oxygen atoms in total. The van der Waals surface area contributed by atoms with E-state index in [4.69, 9.17) is 0 Å². The van der Waals surface area contributed by atoms with Crippen molar-refractivity contribution in [1.29, 1.82) is 0 Å². The molecule has 0 radical (unpaired) electrons. The van der Waals surface area contributed by atoms with Crippen LogP contribution in [0.15, 0.2) is 40.9 Å². The van der Waals surface area contributed by atoms with E-state index in [1.807, 2.05) is 7.05 Å². The van der Waals surface area contributed by atoms with Crippen LogP contribution in [0.1, 0.15) is 12.0 Å². The van der Waals surface area contributed by atoms with Crippen molar-refractivity contribution in [3.63, 3.8) is 0 Å². The molecule has 0 aliphatic rings. The zero-order chi connectivity index (χ0) is 10.4. The Hall–Kier alpha value is -0.600. The highest BCUT2D eigenvalue weighted by Crippen LogP contribution is 2.14. The van der Waals surface area contributed by atoms with Crippen LogP contribution in [-0.2, 0) is 6.42 Å². The Morgan fingerprint density at radius 3 is 2.57 bits per heavy atom. The minimum atomic E-state index is 0.981. The van der Waals surface area contributed by atoms with Crippen LogP contribution in [0.2, 0.25) is 0 Å². The average molecular weight is 254 g/mol. The van der Waals surface area contributed by atoms with E-state index in [1.54, 1.807) is 0 Å². The molecule has 76 valence electrons. The smallest absolute Gasteiger partial charge is 0.0175 e. The molecular formula is C12H16BrN. The van der Waals surface area contributed by atoms with E-state index in [-0.39, 0.29) is 0 Å². The fourth-order valence-corrected chi connectivity index (χ4v) is 1.55. The minimum absolute atomic E-state index is 0.981. The number of nitrogens with one attached hydrogen (secondary N) is 1. The van der Waals surface area contributed by atoms with Gasteiger partial charge in [0.15, 0.2) is 0 Å². The number of rotatable bonds is 5. The van der Waals surface area contributed by atoms with Gasteiger partial charge in [-0.3, -0.25) is 0 Å². The zero-order valence-electron chi connectivity index (χ0n) is 8.52. The lowest BCUT2D eigenvalue weighted by Gasteiger charge is -2.05. The summed E-state index contributed by atoms with van der Waals surface area (Å²) in [4.78, 5) is 0. The summed E-state index contributed by atoms with van der Waals surface area (Å²) >= 11 is 3.42. The van der Waals surface area contributed by atoms with Gasteiger partial charge in [0.05, 0.1) is 0 Å². The third-order valence-corrected chi connectivity index (χ3v) is 2.62. The van der Waals surface area contributed by atoms with E-state index in [2.05, 4.69) is 52.1 Å². The molecule has 0 saturated heterocycles. The van der Waals surface area contributed by atoms with Gasteiger partial charge in [-0.25, -0.2) is 0 Å². The van der Waals surface area contributed by atoms with E-state index < -0.39 is 0 Å². The van der Waals surface area contributed by atoms with Gasteiger partial charge in [-0.05, 0) is 44.1 Å². The molecule has 1 aromatic rings. The lowest BCUT2D eigenvalue weighted by Crippen LogP contribution is -2.08. The Morgan fingerprint density at radius 1 is 1.36 bits per heavy atom. The largest absolute Gasteiger partial charge is 0.319 e. The van der Waals surface area contributed by atoms with Crippen LogP contribution in [0.4, 0.5) is 0 Å². The molecule has 1 aromatic carbocycles. The number of halogens is 1. The molecule has 1 N–H and O–H groups in total. The maximum absolute atomic E-state index is 4.06. The molecule has 0 fully saturated rings. The lowest BCUT2D eigenvalue weighted by atomic mass is 10.0. The zero-order valence-corrected chi connectivity index (χ0v) is 10.1. The Kier molecular flexibility index (Phi) is 4.91. The van der Waals surface area contributed by atoms with E-state index in [9.17, 15) is 0 Å². The Labute approximate surface area is 94.3 Å². The van der Waals surface area contributed by atoms with E-state index in [0.717, 1.165) is 23.9 Å². The molecule has 2 heteroatoms. The van der Waals surface area contributed by atoms with Crippen LogP contribution in [0.5, 0.6) is 0 Å². The first-order valence-electron chi connectivity index (χ1n) is 4.78. The molecule has 0 saturated carbocycles. The van der Waals surface area contributed by atoms with Crippen LogP contribution in [0.3, 0.4) is 0 Å². The van der Waals surface area contributed by atoms with E-state index in [0.29, 0.717) is 0 Å². The summed E-state index contributed by atoms with van der Waals surface area (Å²) in [6, 6.07) is 8.41. The summed E-state index contributed by atoms with van der Waals surface area (Å²) in [6.07, 6.45) is 2.03. The highest BCUT2D eigenvalue weighted by Gasteiger charge is 1.97. The molecular weight excluding hydrogens is 238 g/mol. The van der Waals surface area contributed by atoms with Gasteiger partial charge in [-0.15, -0.1) is 0 Å². The van der Waals surface area contributed by atoms with Crippen molar-refractivity contribution in [1.82, 2.24) is 5.32 Å². The van der Waals surface area contributed by atoms with Crippen LogP contribution in [-0.4, -0.2) is 13.6 Å². The van der Waals surface area contributed by atoms with Gasteiger partial charge in [0.2, 0.25) is 0 Å². The maximum atomic E-state index is 4.06. The monoisotopic (exact) mass is 253 g/mol. The molecule has 1 rings (SSSR count). The van der Waals surface area contributed by atoms with Crippen molar-refractivity contribution >= 4 is 15.9 Å². The van der Waals surface area contributed by atoms with Crippen molar-refractivity contribution in [2.24, 2.45) is 0 Å². The van der Waals surface area contributed by atoms with Crippen molar-refractivity contribution in [2.45, 2.75) is 12.8 Å². The SMILES string of the molecule is C=C(CCNC)Cc1ccc(Br)cc1. The predicted octanol–water partition coefficient (Wildman–Crippen LogP) is 3.16. The second-order valence-electron chi connectivity index (χ2n) is 3.41. The summed E-state index contributed by atoms with van der Waals surface area (Å²) in [7, 11) is 1.97. The van der Waals surface area contributed by atoms with Gasteiger partial charge >= 0.3 is 0 Å². The van der Waals surface area contributed by atoms with Gasteiger partial charge < -0.3 is 5.32 Å². The van der Waals surface area contributed by atoms with Crippen molar-refractivity contribution < 1.29 is 0 Å². The highest BCUT2D eigenvalue weighted by molar-refractivity contribution is 9.10. The van der Waals surface area contributed by atoms with Crippen molar-refractivity contribution in [3.05, 3.63) is 46.5 Å². The van der Waals surface area contributed by atoms with Crippen molar-refractivity contribution in [2.75, 3.05) is 13.6 Å². The van der Waals surface area contributed by atoms with Gasteiger partial charge in [-0.2, -0.15) is 0 Å². The molecule has 0 aliphatic heterocycles.